The van der Waals surface area contributed by atoms with Crippen LogP contribution in [-0.4, -0.2) is 63.4 Å². The first-order chi connectivity index (χ1) is 13.7. The molecule has 2 fully saturated rings. The molecule has 5 rings (SSSR count). The van der Waals surface area contributed by atoms with E-state index >= 15 is 0 Å². The highest BCUT2D eigenvalue weighted by Gasteiger charge is 2.30. The van der Waals surface area contributed by atoms with Crippen molar-refractivity contribution in [3.05, 3.63) is 45.2 Å². The summed E-state index contributed by atoms with van der Waals surface area (Å²) in [7, 11) is 0. The number of amides is 1. The number of carbonyl (C=O) groups excluding carboxylic acids is 1. The number of nitrogens with zero attached hydrogens (tertiary/aromatic N) is 5. The lowest BCUT2D eigenvalue weighted by molar-refractivity contribution is 0.0621. The van der Waals surface area contributed by atoms with Crippen molar-refractivity contribution in [2.24, 2.45) is 0 Å². The number of piperazine rings is 1. The molecule has 0 bridgehead atoms. The normalized spacial score (nSPS) is 19.8. The molecule has 0 atom stereocenters. The maximum atomic E-state index is 12.6. The van der Waals surface area contributed by atoms with Crippen molar-refractivity contribution in [2.75, 3.05) is 32.7 Å². The van der Waals surface area contributed by atoms with Crippen molar-refractivity contribution >= 4 is 5.91 Å². The molecule has 0 radical (unpaired) electrons. The SMILES string of the molecule is O=C(c1cc(C2CC2)on1)N1CCN(CCn2nc3c(cc2=O)CCC3)CC1. The number of carbonyl (C=O) groups is 1. The van der Waals surface area contributed by atoms with E-state index in [1.165, 1.54) is 0 Å². The summed E-state index contributed by atoms with van der Waals surface area (Å²) in [4.78, 5) is 29.0. The van der Waals surface area contributed by atoms with Gasteiger partial charge in [0, 0.05) is 50.8 Å². The zero-order chi connectivity index (χ0) is 19.1. The molecule has 0 unspecified atom stereocenters. The maximum Gasteiger partial charge on any atom is 0.276 e. The summed E-state index contributed by atoms with van der Waals surface area (Å²) in [5, 5.41) is 8.50. The van der Waals surface area contributed by atoms with E-state index in [-0.39, 0.29) is 11.5 Å². The fourth-order valence-electron chi connectivity index (χ4n) is 4.12. The Bertz CT molecular complexity index is 938. The van der Waals surface area contributed by atoms with Gasteiger partial charge in [0.15, 0.2) is 5.69 Å². The van der Waals surface area contributed by atoms with Gasteiger partial charge in [0.1, 0.15) is 5.76 Å². The molecule has 1 saturated carbocycles. The lowest BCUT2D eigenvalue weighted by Gasteiger charge is -2.34. The third kappa shape index (κ3) is 3.48. The van der Waals surface area contributed by atoms with Gasteiger partial charge in [0.05, 0.1) is 12.2 Å². The Morgan fingerprint density at radius 2 is 1.93 bits per heavy atom. The highest BCUT2D eigenvalue weighted by Crippen LogP contribution is 2.40. The first-order valence-electron chi connectivity index (χ1n) is 10.3. The Morgan fingerprint density at radius 3 is 2.71 bits per heavy atom. The average Bonchev–Trinajstić information content (AvgIpc) is 3.26. The van der Waals surface area contributed by atoms with Crippen molar-refractivity contribution in [2.45, 2.75) is 44.6 Å². The summed E-state index contributed by atoms with van der Waals surface area (Å²) in [5.74, 6) is 1.25. The Balaban J connectivity index is 1.14. The molecule has 1 amide bonds. The Hall–Kier alpha value is -2.48. The second-order valence-corrected chi connectivity index (χ2v) is 8.05. The Kier molecular flexibility index (Phi) is 4.50. The van der Waals surface area contributed by atoms with E-state index < -0.39 is 0 Å². The molecule has 28 heavy (non-hydrogen) atoms. The molecule has 3 aliphatic rings. The van der Waals surface area contributed by atoms with Crippen LogP contribution >= 0.6 is 0 Å². The van der Waals surface area contributed by atoms with Crippen LogP contribution in [0.5, 0.6) is 0 Å². The maximum absolute atomic E-state index is 12.6. The summed E-state index contributed by atoms with van der Waals surface area (Å²) >= 11 is 0. The van der Waals surface area contributed by atoms with Gasteiger partial charge < -0.3 is 9.42 Å². The Morgan fingerprint density at radius 1 is 1.11 bits per heavy atom. The van der Waals surface area contributed by atoms with Gasteiger partial charge in [0.25, 0.3) is 11.5 Å². The van der Waals surface area contributed by atoms with Gasteiger partial charge >= 0.3 is 0 Å². The predicted molar refractivity (Wildman–Crippen MR) is 101 cm³/mol. The first-order valence-corrected chi connectivity index (χ1v) is 10.3. The van der Waals surface area contributed by atoms with Crippen LogP contribution in [0.2, 0.25) is 0 Å². The molecule has 2 aliphatic carbocycles. The quantitative estimate of drug-likeness (QED) is 0.768. The van der Waals surface area contributed by atoms with E-state index in [2.05, 4.69) is 15.2 Å². The molecule has 8 nitrogen and oxygen atoms in total. The van der Waals surface area contributed by atoms with E-state index in [9.17, 15) is 9.59 Å². The van der Waals surface area contributed by atoms with Gasteiger partial charge in [0.2, 0.25) is 0 Å². The van der Waals surface area contributed by atoms with E-state index in [0.29, 0.717) is 31.2 Å². The summed E-state index contributed by atoms with van der Waals surface area (Å²) < 4.78 is 6.90. The number of aromatic nitrogens is 3. The molecule has 0 aromatic carbocycles. The second kappa shape index (κ2) is 7.16. The fourth-order valence-corrected chi connectivity index (χ4v) is 4.12. The summed E-state index contributed by atoms with van der Waals surface area (Å²) in [5.41, 5.74) is 2.61. The van der Waals surface area contributed by atoms with Crippen molar-refractivity contribution in [3.63, 3.8) is 0 Å². The fraction of sp³-hybridized carbons (Fsp3) is 0.600. The van der Waals surface area contributed by atoms with Gasteiger partial charge in [-0.2, -0.15) is 5.10 Å². The zero-order valence-electron chi connectivity index (χ0n) is 16.0. The summed E-state index contributed by atoms with van der Waals surface area (Å²) in [6, 6.07) is 3.55. The highest BCUT2D eigenvalue weighted by molar-refractivity contribution is 5.92. The van der Waals surface area contributed by atoms with Crippen molar-refractivity contribution in [1.29, 1.82) is 0 Å². The number of aryl methyl sites for hydroxylation is 2. The molecule has 3 heterocycles. The molecular weight excluding hydrogens is 358 g/mol. The minimum Gasteiger partial charge on any atom is -0.360 e. The Labute approximate surface area is 163 Å². The first kappa shape index (κ1) is 17.6. The largest absolute Gasteiger partial charge is 0.360 e. The second-order valence-electron chi connectivity index (χ2n) is 8.05. The molecule has 0 N–H and O–H groups in total. The minimum atomic E-state index is -0.0493. The average molecular weight is 383 g/mol. The molecule has 2 aromatic rings. The van der Waals surface area contributed by atoms with Crippen LogP contribution in [0.4, 0.5) is 0 Å². The van der Waals surface area contributed by atoms with E-state index in [4.69, 9.17) is 4.52 Å². The minimum absolute atomic E-state index is 0.00744. The van der Waals surface area contributed by atoms with Gasteiger partial charge in [-0.3, -0.25) is 14.5 Å². The molecule has 8 heteroatoms. The topological polar surface area (TPSA) is 84.5 Å². The monoisotopic (exact) mass is 383 g/mol. The summed E-state index contributed by atoms with van der Waals surface area (Å²) in [6.07, 6.45) is 5.30. The predicted octanol–water partition coefficient (Wildman–Crippen LogP) is 1.06. The zero-order valence-corrected chi connectivity index (χ0v) is 16.0. The van der Waals surface area contributed by atoms with Crippen molar-refractivity contribution < 1.29 is 9.32 Å². The lowest BCUT2D eigenvalue weighted by atomic mass is 10.2. The van der Waals surface area contributed by atoms with Crippen LogP contribution in [0, 0.1) is 0 Å². The van der Waals surface area contributed by atoms with Crippen molar-refractivity contribution in [1.82, 2.24) is 24.7 Å². The molecule has 0 spiro atoms. The van der Waals surface area contributed by atoms with Crippen LogP contribution in [-0.2, 0) is 19.4 Å². The van der Waals surface area contributed by atoms with Crippen molar-refractivity contribution in [3.8, 4) is 0 Å². The lowest BCUT2D eigenvalue weighted by Crippen LogP contribution is -2.49. The smallest absolute Gasteiger partial charge is 0.276 e. The van der Waals surface area contributed by atoms with Crippen LogP contribution in [0.3, 0.4) is 0 Å². The molecule has 1 saturated heterocycles. The van der Waals surface area contributed by atoms with E-state index in [1.54, 1.807) is 16.8 Å². The third-order valence-electron chi connectivity index (χ3n) is 6.04. The number of hydrogen-bond acceptors (Lipinski definition) is 6. The summed E-state index contributed by atoms with van der Waals surface area (Å²) in [6.45, 7) is 4.27. The number of hydrogen-bond donors (Lipinski definition) is 0. The highest BCUT2D eigenvalue weighted by atomic mass is 16.5. The number of fused-ring (bicyclic) bond motifs is 1. The molecule has 2 aromatic heterocycles. The van der Waals surface area contributed by atoms with E-state index in [1.807, 2.05) is 4.90 Å². The van der Waals surface area contributed by atoms with Gasteiger partial charge in [-0.05, 0) is 37.7 Å². The third-order valence-corrected chi connectivity index (χ3v) is 6.04. The van der Waals surface area contributed by atoms with Gasteiger partial charge in [-0.15, -0.1) is 0 Å². The van der Waals surface area contributed by atoms with Gasteiger partial charge in [-0.25, -0.2) is 4.68 Å². The van der Waals surface area contributed by atoms with E-state index in [0.717, 1.165) is 68.8 Å². The van der Waals surface area contributed by atoms with Crippen LogP contribution in [0.1, 0.15) is 52.7 Å². The van der Waals surface area contributed by atoms with Gasteiger partial charge in [-0.1, -0.05) is 5.16 Å². The van der Waals surface area contributed by atoms with Crippen LogP contribution in [0.15, 0.2) is 21.5 Å². The number of rotatable bonds is 5. The molecule has 148 valence electrons. The standard InChI is InChI=1S/C20H25N5O3/c26-19-12-15-2-1-3-16(15)21-25(19)11-8-23-6-9-24(10-7-23)20(27)17-13-18(28-22-17)14-4-5-14/h12-14H,1-11H2. The van der Waals surface area contributed by atoms with Crippen LogP contribution in [0.25, 0.3) is 0 Å². The van der Waals surface area contributed by atoms with Crippen LogP contribution < -0.4 is 5.56 Å². The molecular formula is C20H25N5O3. The molecule has 1 aliphatic heterocycles.